The van der Waals surface area contributed by atoms with Crippen LogP contribution in [0.4, 0.5) is 10.6 Å². The summed E-state index contributed by atoms with van der Waals surface area (Å²) in [6.07, 6.45) is 5.31. The maximum Gasteiger partial charge on any atom is 0.410 e. The van der Waals surface area contributed by atoms with Gasteiger partial charge in [0.15, 0.2) is 0 Å². The summed E-state index contributed by atoms with van der Waals surface area (Å²) in [5.41, 5.74) is 0.891. The first-order valence-corrected chi connectivity index (χ1v) is 10.3. The number of pyridine rings is 1. The van der Waals surface area contributed by atoms with Gasteiger partial charge in [-0.1, -0.05) is 13.0 Å². The third kappa shape index (κ3) is 4.92. The van der Waals surface area contributed by atoms with Gasteiger partial charge in [-0.3, -0.25) is 4.90 Å². The number of hydrogen-bond donors (Lipinski definition) is 0. The van der Waals surface area contributed by atoms with Crippen molar-refractivity contribution in [1.82, 2.24) is 14.8 Å². The molecule has 6 nitrogen and oxygen atoms in total. The van der Waals surface area contributed by atoms with E-state index < -0.39 is 5.60 Å². The number of anilines is 1. The molecule has 0 radical (unpaired) electrons. The fourth-order valence-corrected chi connectivity index (χ4v) is 4.09. The summed E-state index contributed by atoms with van der Waals surface area (Å²) in [5.74, 6) is 1.09. The Kier molecular flexibility index (Phi) is 6.25. The largest absolute Gasteiger partial charge is 0.444 e. The van der Waals surface area contributed by atoms with Crippen LogP contribution in [0.2, 0.25) is 0 Å². The van der Waals surface area contributed by atoms with Gasteiger partial charge in [0.1, 0.15) is 11.4 Å². The number of aromatic nitrogens is 1. The molecule has 27 heavy (non-hydrogen) atoms. The summed E-state index contributed by atoms with van der Waals surface area (Å²) < 4.78 is 5.51. The number of likely N-dealkylation sites (tertiary alicyclic amines) is 1. The fraction of sp³-hybridized carbons (Fsp3) is 0.714. The lowest BCUT2D eigenvalue weighted by atomic mass is 10.0. The van der Waals surface area contributed by atoms with E-state index in [1.165, 1.54) is 31.4 Å². The minimum atomic E-state index is -0.451. The number of carbonyl (C=O) groups is 1. The van der Waals surface area contributed by atoms with Crippen molar-refractivity contribution in [3.63, 3.8) is 0 Å². The van der Waals surface area contributed by atoms with E-state index >= 15 is 0 Å². The highest BCUT2D eigenvalue weighted by Gasteiger charge is 2.31. The average molecular weight is 375 g/mol. The Hall–Kier alpha value is -1.82. The van der Waals surface area contributed by atoms with Gasteiger partial charge in [-0.25, -0.2) is 9.78 Å². The van der Waals surface area contributed by atoms with Crippen molar-refractivity contribution < 1.29 is 9.53 Å². The van der Waals surface area contributed by atoms with E-state index in [1.54, 1.807) is 0 Å². The van der Waals surface area contributed by atoms with E-state index in [0.29, 0.717) is 19.1 Å². The molecule has 1 unspecified atom stereocenters. The monoisotopic (exact) mass is 374 g/mol. The highest BCUT2D eigenvalue weighted by molar-refractivity contribution is 5.68. The van der Waals surface area contributed by atoms with E-state index in [1.807, 2.05) is 31.9 Å². The Morgan fingerprint density at radius 3 is 2.63 bits per heavy atom. The van der Waals surface area contributed by atoms with Crippen LogP contribution in [-0.2, 0) is 4.74 Å². The molecular weight excluding hydrogens is 340 g/mol. The molecular formula is C21H34N4O2. The second kappa shape index (κ2) is 8.46. The molecule has 3 rings (SSSR count). The van der Waals surface area contributed by atoms with Crippen LogP contribution in [0.25, 0.3) is 0 Å². The van der Waals surface area contributed by atoms with Gasteiger partial charge in [-0.15, -0.1) is 0 Å². The van der Waals surface area contributed by atoms with Crippen LogP contribution in [0.3, 0.4) is 0 Å². The third-order valence-corrected chi connectivity index (χ3v) is 5.28. The molecule has 150 valence electrons. The maximum absolute atomic E-state index is 12.3. The second-order valence-electron chi connectivity index (χ2n) is 8.56. The zero-order valence-corrected chi connectivity index (χ0v) is 17.3. The van der Waals surface area contributed by atoms with Gasteiger partial charge < -0.3 is 14.5 Å². The Labute approximate surface area is 163 Å². The van der Waals surface area contributed by atoms with Crippen molar-refractivity contribution in [3.8, 4) is 0 Å². The van der Waals surface area contributed by atoms with Gasteiger partial charge in [0.05, 0.1) is 0 Å². The maximum atomic E-state index is 12.3. The van der Waals surface area contributed by atoms with Crippen LogP contribution in [0.15, 0.2) is 18.3 Å². The van der Waals surface area contributed by atoms with E-state index in [9.17, 15) is 4.79 Å². The first kappa shape index (κ1) is 19.9. The fourth-order valence-electron chi connectivity index (χ4n) is 4.09. The topological polar surface area (TPSA) is 48.9 Å². The number of piperazine rings is 1. The molecule has 3 heterocycles. The molecule has 2 aliphatic rings. The molecule has 1 aromatic rings. The molecule has 2 aliphatic heterocycles. The number of rotatable bonds is 4. The summed E-state index contributed by atoms with van der Waals surface area (Å²) in [5, 5.41) is 0. The normalized spacial score (nSPS) is 21.6. The van der Waals surface area contributed by atoms with Crippen LogP contribution in [-0.4, -0.2) is 65.7 Å². The highest BCUT2D eigenvalue weighted by Crippen LogP contribution is 2.36. The Morgan fingerprint density at radius 1 is 1.22 bits per heavy atom. The van der Waals surface area contributed by atoms with Crippen molar-refractivity contribution in [2.75, 3.05) is 44.2 Å². The van der Waals surface area contributed by atoms with Crippen molar-refractivity contribution >= 4 is 11.9 Å². The Balaban J connectivity index is 1.68. The molecule has 1 amide bonds. The van der Waals surface area contributed by atoms with Crippen LogP contribution < -0.4 is 4.90 Å². The van der Waals surface area contributed by atoms with Gasteiger partial charge in [0, 0.05) is 44.0 Å². The lowest BCUT2D eigenvalue weighted by Crippen LogP contribution is -2.50. The standard InChI is InChI=1S/C21H34N4O2/c1-5-11-23-12-7-9-18(23)17-8-6-10-22-19(17)24-13-15-25(16-14-24)20(26)27-21(2,3)4/h6,8,10,18H,5,7,9,11-16H2,1-4H3. The smallest absolute Gasteiger partial charge is 0.410 e. The summed E-state index contributed by atoms with van der Waals surface area (Å²) in [7, 11) is 0. The molecule has 1 atom stereocenters. The first-order valence-electron chi connectivity index (χ1n) is 10.3. The predicted molar refractivity (Wildman–Crippen MR) is 108 cm³/mol. The van der Waals surface area contributed by atoms with Crippen LogP contribution in [0.1, 0.15) is 58.6 Å². The second-order valence-corrected chi connectivity index (χ2v) is 8.56. The lowest BCUT2D eigenvalue weighted by Gasteiger charge is -2.37. The molecule has 0 saturated carbocycles. The van der Waals surface area contributed by atoms with Crippen LogP contribution >= 0.6 is 0 Å². The average Bonchev–Trinajstić information content (AvgIpc) is 3.09. The number of carbonyl (C=O) groups excluding carboxylic acids is 1. The SMILES string of the molecule is CCCN1CCCC1c1cccnc1N1CCN(C(=O)OC(C)(C)C)CC1. The highest BCUT2D eigenvalue weighted by atomic mass is 16.6. The third-order valence-electron chi connectivity index (χ3n) is 5.28. The lowest BCUT2D eigenvalue weighted by molar-refractivity contribution is 0.0240. The van der Waals surface area contributed by atoms with Crippen LogP contribution in [0, 0.1) is 0 Å². The zero-order chi connectivity index (χ0) is 19.4. The first-order chi connectivity index (χ1) is 12.9. The van der Waals surface area contributed by atoms with Crippen molar-refractivity contribution in [2.24, 2.45) is 0 Å². The Morgan fingerprint density at radius 2 is 1.96 bits per heavy atom. The van der Waals surface area contributed by atoms with Crippen LogP contribution in [0.5, 0.6) is 0 Å². The molecule has 2 fully saturated rings. The minimum absolute atomic E-state index is 0.215. The van der Waals surface area contributed by atoms with Crippen molar-refractivity contribution in [3.05, 3.63) is 23.9 Å². The van der Waals surface area contributed by atoms with E-state index in [4.69, 9.17) is 9.72 Å². The van der Waals surface area contributed by atoms with Gasteiger partial charge in [-0.05, 0) is 59.2 Å². The number of amides is 1. The molecule has 0 aliphatic carbocycles. The summed E-state index contributed by atoms with van der Waals surface area (Å²) in [6, 6.07) is 4.76. The van der Waals surface area contributed by atoms with Crippen molar-refractivity contribution in [1.29, 1.82) is 0 Å². The Bertz CT molecular complexity index is 635. The van der Waals surface area contributed by atoms with E-state index in [0.717, 1.165) is 25.5 Å². The predicted octanol–water partition coefficient (Wildman–Crippen LogP) is 3.69. The van der Waals surface area contributed by atoms with Gasteiger partial charge in [0.2, 0.25) is 0 Å². The van der Waals surface area contributed by atoms with Gasteiger partial charge >= 0.3 is 6.09 Å². The molecule has 2 saturated heterocycles. The molecule has 6 heteroatoms. The van der Waals surface area contributed by atoms with E-state index in [2.05, 4.69) is 28.9 Å². The minimum Gasteiger partial charge on any atom is -0.444 e. The molecule has 0 bridgehead atoms. The molecule has 0 N–H and O–H groups in total. The molecule has 1 aromatic heterocycles. The van der Waals surface area contributed by atoms with Crippen molar-refractivity contribution in [2.45, 2.75) is 58.6 Å². The van der Waals surface area contributed by atoms with Gasteiger partial charge in [0.25, 0.3) is 0 Å². The van der Waals surface area contributed by atoms with E-state index in [-0.39, 0.29) is 6.09 Å². The molecule has 0 aromatic carbocycles. The summed E-state index contributed by atoms with van der Waals surface area (Å²) in [6.45, 7) is 13.2. The number of ether oxygens (including phenoxy) is 1. The number of hydrogen-bond acceptors (Lipinski definition) is 5. The quantitative estimate of drug-likeness (QED) is 0.804. The summed E-state index contributed by atoms with van der Waals surface area (Å²) >= 11 is 0. The zero-order valence-electron chi connectivity index (χ0n) is 17.3. The van der Waals surface area contributed by atoms with Gasteiger partial charge in [-0.2, -0.15) is 0 Å². The number of nitrogens with zero attached hydrogens (tertiary/aromatic N) is 4. The summed E-state index contributed by atoms with van der Waals surface area (Å²) in [4.78, 5) is 23.8. The molecule has 0 spiro atoms.